The summed E-state index contributed by atoms with van der Waals surface area (Å²) in [6.07, 6.45) is 0.725. The Morgan fingerprint density at radius 3 is 2.31 bits per heavy atom. The Morgan fingerprint density at radius 1 is 0.962 bits per heavy atom. The van der Waals surface area contributed by atoms with Crippen molar-refractivity contribution in [1.82, 2.24) is 9.13 Å². The fourth-order valence-corrected chi connectivity index (χ4v) is 3.28. The van der Waals surface area contributed by atoms with Crippen LogP contribution in [0.5, 0.6) is 0 Å². The standard InChI is InChI=1S/C20H18ClN3O2/c21-15-9-7-14(8-10-15)12-23-16-4-1-2-5-17(16)24(20(23)22)13-18(25)19-6-3-11-26-19/h1-11,18,22,25H,12-13H2/t18-/m1/s1. The minimum absolute atomic E-state index is 0.250. The fraction of sp³-hybridized carbons (Fsp3) is 0.150. The number of furan rings is 1. The Morgan fingerprint density at radius 2 is 1.65 bits per heavy atom. The molecule has 0 amide bonds. The lowest BCUT2D eigenvalue weighted by Crippen LogP contribution is -2.27. The summed E-state index contributed by atoms with van der Waals surface area (Å²) in [7, 11) is 0. The zero-order valence-electron chi connectivity index (χ0n) is 14.0. The maximum Gasteiger partial charge on any atom is 0.203 e. The summed E-state index contributed by atoms with van der Waals surface area (Å²) in [4.78, 5) is 0. The van der Waals surface area contributed by atoms with E-state index in [2.05, 4.69) is 0 Å². The topological polar surface area (TPSA) is 67.1 Å². The van der Waals surface area contributed by atoms with Gasteiger partial charge in [0.1, 0.15) is 11.9 Å². The van der Waals surface area contributed by atoms with Crippen LogP contribution in [0.3, 0.4) is 0 Å². The molecular weight excluding hydrogens is 350 g/mol. The van der Waals surface area contributed by atoms with Crippen molar-refractivity contribution in [3.63, 3.8) is 0 Å². The summed E-state index contributed by atoms with van der Waals surface area (Å²) >= 11 is 5.97. The third-order valence-corrected chi connectivity index (χ3v) is 4.71. The minimum atomic E-state index is -0.811. The Hall–Kier alpha value is -2.76. The number of rotatable bonds is 5. The molecule has 2 N–H and O–H groups in total. The first-order chi connectivity index (χ1) is 12.6. The number of hydrogen-bond donors (Lipinski definition) is 2. The molecule has 0 saturated heterocycles. The predicted octanol–water partition coefficient (Wildman–Crippen LogP) is 3.95. The van der Waals surface area contributed by atoms with E-state index >= 15 is 0 Å². The van der Waals surface area contributed by atoms with Gasteiger partial charge < -0.3 is 18.7 Å². The normalized spacial score (nSPS) is 12.5. The average molecular weight is 368 g/mol. The number of aliphatic hydroxyl groups excluding tert-OH is 1. The third kappa shape index (κ3) is 3.07. The molecule has 0 bridgehead atoms. The van der Waals surface area contributed by atoms with E-state index < -0.39 is 6.10 Å². The van der Waals surface area contributed by atoms with Crippen molar-refractivity contribution in [1.29, 1.82) is 5.41 Å². The molecule has 0 aliphatic rings. The van der Waals surface area contributed by atoms with Crippen LogP contribution >= 0.6 is 11.6 Å². The van der Waals surface area contributed by atoms with E-state index in [9.17, 15) is 5.11 Å². The van der Waals surface area contributed by atoms with E-state index in [1.54, 1.807) is 16.7 Å². The maximum absolute atomic E-state index is 10.5. The maximum atomic E-state index is 10.5. The molecule has 26 heavy (non-hydrogen) atoms. The Balaban J connectivity index is 1.75. The van der Waals surface area contributed by atoms with E-state index in [-0.39, 0.29) is 6.54 Å². The Bertz CT molecular complexity index is 1080. The first-order valence-electron chi connectivity index (χ1n) is 8.32. The van der Waals surface area contributed by atoms with Crippen molar-refractivity contribution in [2.75, 3.05) is 0 Å². The number of fused-ring (bicyclic) bond motifs is 1. The largest absolute Gasteiger partial charge is 0.467 e. The molecule has 2 heterocycles. The molecule has 2 aromatic heterocycles. The van der Waals surface area contributed by atoms with Gasteiger partial charge >= 0.3 is 0 Å². The third-order valence-electron chi connectivity index (χ3n) is 4.46. The first-order valence-corrected chi connectivity index (χ1v) is 8.70. The number of aliphatic hydroxyl groups is 1. The molecule has 2 aromatic carbocycles. The van der Waals surface area contributed by atoms with Gasteiger partial charge in [-0.05, 0) is 42.0 Å². The van der Waals surface area contributed by atoms with Gasteiger partial charge in [0.15, 0.2) is 0 Å². The molecule has 5 nitrogen and oxygen atoms in total. The number of halogens is 1. The molecule has 0 fully saturated rings. The van der Waals surface area contributed by atoms with Gasteiger partial charge in [-0.2, -0.15) is 0 Å². The summed E-state index contributed by atoms with van der Waals surface area (Å²) in [6.45, 7) is 0.806. The van der Waals surface area contributed by atoms with Gasteiger partial charge in [-0.3, -0.25) is 5.41 Å². The van der Waals surface area contributed by atoms with Gasteiger partial charge in [-0.1, -0.05) is 35.9 Å². The number of nitrogens with zero attached hydrogens (tertiary/aromatic N) is 2. The van der Waals surface area contributed by atoms with Crippen molar-refractivity contribution >= 4 is 22.6 Å². The number of nitrogens with one attached hydrogen (secondary N) is 1. The number of imidazole rings is 1. The molecule has 0 aliphatic carbocycles. The van der Waals surface area contributed by atoms with Crippen molar-refractivity contribution in [2.45, 2.75) is 19.2 Å². The average Bonchev–Trinajstić information content (AvgIpc) is 3.27. The second-order valence-corrected chi connectivity index (χ2v) is 6.60. The molecule has 6 heteroatoms. The second-order valence-electron chi connectivity index (χ2n) is 6.17. The predicted molar refractivity (Wildman–Crippen MR) is 100 cm³/mol. The van der Waals surface area contributed by atoms with E-state index in [0.717, 1.165) is 16.6 Å². The van der Waals surface area contributed by atoms with Crippen LogP contribution in [0.25, 0.3) is 11.0 Å². The smallest absolute Gasteiger partial charge is 0.203 e. The monoisotopic (exact) mass is 367 g/mol. The van der Waals surface area contributed by atoms with Gasteiger partial charge in [0.05, 0.1) is 30.4 Å². The highest BCUT2D eigenvalue weighted by Gasteiger charge is 2.16. The van der Waals surface area contributed by atoms with Gasteiger partial charge in [-0.25, -0.2) is 0 Å². The molecule has 0 radical (unpaired) electrons. The van der Waals surface area contributed by atoms with E-state index in [1.165, 1.54) is 6.26 Å². The van der Waals surface area contributed by atoms with Gasteiger partial charge in [0, 0.05) is 5.02 Å². The van der Waals surface area contributed by atoms with Crippen molar-refractivity contribution < 1.29 is 9.52 Å². The fourth-order valence-electron chi connectivity index (χ4n) is 3.16. The highest BCUT2D eigenvalue weighted by Crippen LogP contribution is 2.20. The van der Waals surface area contributed by atoms with E-state index in [1.807, 2.05) is 53.1 Å². The van der Waals surface area contributed by atoms with Crippen LogP contribution in [0.2, 0.25) is 5.02 Å². The Kier molecular flexibility index (Phi) is 4.41. The van der Waals surface area contributed by atoms with Crippen LogP contribution < -0.4 is 5.62 Å². The van der Waals surface area contributed by atoms with Crippen LogP contribution in [0.4, 0.5) is 0 Å². The molecule has 0 saturated carbocycles. The molecule has 0 spiro atoms. The lowest BCUT2D eigenvalue weighted by atomic mass is 10.2. The van der Waals surface area contributed by atoms with Crippen molar-refractivity contribution in [3.8, 4) is 0 Å². The number of hydrogen-bond acceptors (Lipinski definition) is 3. The molecule has 4 rings (SSSR count). The van der Waals surface area contributed by atoms with Crippen LogP contribution in [0, 0.1) is 5.41 Å². The Labute approximate surface area is 155 Å². The van der Waals surface area contributed by atoms with E-state index in [0.29, 0.717) is 22.9 Å². The number of benzene rings is 2. The summed E-state index contributed by atoms with van der Waals surface area (Å²) in [5.74, 6) is 0.492. The van der Waals surface area contributed by atoms with E-state index in [4.69, 9.17) is 21.4 Å². The molecular formula is C20H18ClN3O2. The van der Waals surface area contributed by atoms with Crippen molar-refractivity contribution in [2.24, 2.45) is 0 Å². The van der Waals surface area contributed by atoms with Crippen LogP contribution in [0.15, 0.2) is 71.3 Å². The second kappa shape index (κ2) is 6.86. The highest BCUT2D eigenvalue weighted by molar-refractivity contribution is 6.30. The summed E-state index contributed by atoms with van der Waals surface area (Å²) in [6, 6.07) is 18.9. The zero-order chi connectivity index (χ0) is 18.1. The molecule has 132 valence electrons. The van der Waals surface area contributed by atoms with Gasteiger partial charge in [-0.15, -0.1) is 0 Å². The molecule has 4 aromatic rings. The summed E-state index contributed by atoms with van der Waals surface area (Å²) in [5.41, 5.74) is 3.23. The summed E-state index contributed by atoms with van der Waals surface area (Å²) in [5, 5.41) is 19.8. The SMILES string of the molecule is N=c1n(Cc2ccc(Cl)cc2)c2ccccc2n1C[C@@H](O)c1ccco1. The molecule has 1 atom stereocenters. The van der Waals surface area contributed by atoms with Crippen LogP contribution in [-0.2, 0) is 13.1 Å². The highest BCUT2D eigenvalue weighted by atomic mass is 35.5. The quantitative estimate of drug-likeness (QED) is 0.560. The number of para-hydroxylation sites is 2. The number of aromatic nitrogens is 2. The zero-order valence-corrected chi connectivity index (χ0v) is 14.7. The molecule has 0 aliphatic heterocycles. The van der Waals surface area contributed by atoms with Gasteiger partial charge in [0.25, 0.3) is 0 Å². The van der Waals surface area contributed by atoms with Crippen molar-refractivity contribution in [3.05, 3.63) is 88.9 Å². The first kappa shape index (κ1) is 16.7. The lowest BCUT2D eigenvalue weighted by Gasteiger charge is -2.10. The molecule has 0 unspecified atom stereocenters. The van der Waals surface area contributed by atoms with Gasteiger partial charge in [0.2, 0.25) is 5.62 Å². The summed E-state index contributed by atoms with van der Waals surface area (Å²) < 4.78 is 9.02. The minimum Gasteiger partial charge on any atom is -0.467 e. The van der Waals surface area contributed by atoms with Crippen LogP contribution in [0.1, 0.15) is 17.4 Å². The van der Waals surface area contributed by atoms with Crippen LogP contribution in [-0.4, -0.2) is 14.2 Å². The lowest BCUT2D eigenvalue weighted by molar-refractivity contribution is 0.130.